The van der Waals surface area contributed by atoms with Gasteiger partial charge in [-0.3, -0.25) is 4.90 Å². The quantitative estimate of drug-likeness (QED) is 0.780. The predicted molar refractivity (Wildman–Crippen MR) is 91.8 cm³/mol. The average Bonchev–Trinajstić information content (AvgIpc) is 2.97. The minimum absolute atomic E-state index is 0.711. The molecular weight excluding hydrogens is 256 g/mol. The normalized spacial score (nSPS) is 21.0. The zero-order chi connectivity index (χ0) is 15.1. The van der Waals surface area contributed by atoms with E-state index in [0.717, 1.165) is 24.9 Å². The minimum atomic E-state index is 0.711. The smallest absolute Gasteiger partial charge is 0.0220 e. The summed E-state index contributed by atoms with van der Waals surface area (Å²) < 4.78 is 0. The van der Waals surface area contributed by atoms with Crippen molar-refractivity contribution in [3.63, 3.8) is 0 Å². The van der Waals surface area contributed by atoms with Crippen molar-refractivity contribution in [3.05, 3.63) is 35.9 Å². The summed E-state index contributed by atoms with van der Waals surface area (Å²) in [6.07, 6.45) is 3.90. The Morgan fingerprint density at radius 3 is 2.62 bits per heavy atom. The fourth-order valence-corrected chi connectivity index (χ4v) is 3.40. The maximum Gasteiger partial charge on any atom is 0.0220 e. The standard InChI is InChI=1S/C19H32N2/c1-4-8-19(14-20-13-16(2)3)21-12-11-18(15-21)17-9-6-5-7-10-17/h5-7,9-10,16,18-20H,4,8,11-15H2,1-3H3. The van der Waals surface area contributed by atoms with Crippen LogP contribution in [0.1, 0.15) is 51.5 Å². The van der Waals surface area contributed by atoms with Crippen LogP contribution in [-0.2, 0) is 0 Å². The average molecular weight is 288 g/mol. The van der Waals surface area contributed by atoms with E-state index >= 15 is 0 Å². The molecule has 0 saturated carbocycles. The van der Waals surface area contributed by atoms with Crippen molar-refractivity contribution >= 4 is 0 Å². The molecule has 2 nitrogen and oxygen atoms in total. The number of rotatable bonds is 8. The molecule has 1 aromatic rings. The predicted octanol–water partition coefficient (Wildman–Crippen LogP) is 3.89. The van der Waals surface area contributed by atoms with E-state index < -0.39 is 0 Å². The number of likely N-dealkylation sites (tertiary alicyclic amines) is 1. The Hall–Kier alpha value is -0.860. The summed E-state index contributed by atoms with van der Waals surface area (Å²) in [7, 11) is 0. The zero-order valence-corrected chi connectivity index (χ0v) is 14.0. The van der Waals surface area contributed by atoms with Crippen molar-refractivity contribution in [1.29, 1.82) is 0 Å². The lowest BCUT2D eigenvalue weighted by atomic mass is 9.99. The highest BCUT2D eigenvalue weighted by Crippen LogP contribution is 2.28. The molecule has 1 saturated heterocycles. The number of hydrogen-bond acceptors (Lipinski definition) is 2. The van der Waals surface area contributed by atoms with Crippen LogP contribution >= 0.6 is 0 Å². The van der Waals surface area contributed by atoms with Crippen molar-refractivity contribution in [2.45, 2.75) is 52.0 Å². The van der Waals surface area contributed by atoms with Crippen LogP contribution in [0.2, 0.25) is 0 Å². The molecular formula is C19H32N2. The molecule has 1 fully saturated rings. The van der Waals surface area contributed by atoms with Crippen LogP contribution in [0.15, 0.2) is 30.3 Å². The highest BCUT2D eigenvalue weighted by Gasteiger charge is 2.28. The lowest BCUT2D eigenvalue weighted by molar-refractivity contribution is 0.218. The fourth-order valence-electron chi connectivity index (χ4n) is 3.40. The molecule has 2 rings (SSSR count). The Balaban J connectivity index is 1.87. The molecule has 1 N–H and O–H groups in total. The zero-order valence-electron chi connectivity index (χ0n) is 14.0. The molecule has 0 radical (unpaired) electrons. The molecule has 0 bridgehead atoms. The molecule has 1 aromatic carbocycles. The Labute approximate surface area is 130 Å². The largest absolute Gasteiger partial charge is 0.315 e. The molecule has 0 spiro atoms. The van der Waals surface area contributed by atoms with Crippen molar-refractivity contribution in [2.24, 2.45) is 5.92 Å². The Kier molecular flexibility index (Phi) is 6.72. The van der Waals surface area contributed by atoms with Crippen LogP contribution in [0.4, 0.5) is 0 Å². The van der Waals surface area contributed by atoms with Crippen LogP contribution in [0.25, 0.3) is 0 Å². The molecule has 0 aliphatic carbocycles. The van der Waals surface area contributed by atoms with Crippen LogP contribution < -0.4 is 5.32 Å². The maximum absolute atomic E-state index is 3.66. The maximum atomic E-state index is 3.66. The number of benzene rings is 1. The molecule has 0 amide bonds. The van der Waals surface area contributed by atoms with Gasteiger partial charge in [-0.15, -0.1) is 0 Å². The van der Waals surface area contributed by atoms with Crippen LogP contribution in [0, 0.1) is 5.92 Å². The first-order valence-corrected chi connectivity index (χ1v) is 8.70. The van der Waals surface area contributed by atoms with Gasteiger partial charge in [0.25, 0.3) is 0 Å². The summed E-state index contributed by atoms with van der Waals surface area (Å²) in [5.41, 5.74) is 1.52. The van der Waals surface area contributed by atoms with Gasteiger partial charge >= 0.3 is 0 Å². The van der Waals surface area contributed by atoms with E-state index in [1.54, 1.807) is 0 Å². The number of nitrogens with one attached hydrogen (secondary N) is 1. The number of hydrogen-bond donors (Lipinski definition) is 1. The summed E-state index contributed by atoms with van der Waals surface area (Å²) in [6, 6.07) is 11.8. The van der Waals surface area contributed by atoms with E-state index in [2.05, 4.69) is 61.3 Å². The molecule has 1 aliphatic heterocycles. The second-order valence-corrected chi connectivity index (χ2v) is 6.89. The monoisotopic (exact) mass is 288 g/mol. The first-order chi connectivity index (χ1) is 10.2. The van der Waals surface area contributed by atoms with Gasteiger partial charge in [-0.25, -0.2) is 0 Å². The van der Waals surface area contributed by atoms with Crippen molar-refractivity contribution in [3.8, 4) is 0 Å². The third kappa shape index (κ3) is 5.12. The molecule has 0 aromatic heterocycles. The third-order valence-corrected chi connectivity index (χ3v) is 4.56. The van der Waals surface area contributed by atoms with E-state index in [1.807, 2.05) is 0 Å². The van der Waals surface area contributed by atoms with Gasteiger partial charge in [0.15, 0.2) is 0 Å². The van der Waals surface area contributed by atoms with E-state index in [0.29, 0.717) is 6.04 Å². The van der Waals surface area contributed by atoms with Crippen molar-refractivity contribution in [2.75, 3.05) is 26.2 Å². The summed E-state index contributed by atoms with van der Waals surface area (Å²) in [4.78, 5) is 2.72. The molecule has 1 aliphatic rings. The fraction of sp³-hybridized carbons (Fsp3) is 0.684. The van der Waals surface area contributed by atoms with Crippen LogP contribution in [-0.4, -0.2) is 37.1 Å². The van der Waals surface area contributed by atoms with Gasteiger partial charge < -0.3 is 5.32 Å². The van der Waals surface area contributed by atoms with Gasteiger partial charge in [0.1, 0.15) is 0 Å². The van der Waals surface area contributed by atoms with Gasteiger partial charge in [-0.2, -0.15) is 0 Å². The topological polar surface area (TPSA) is 15.3 Å². The summed E-state index contributed by atoms with van der Waals surface area (Å²) in [6.45, 7) is 11.6. The SMILES string of the molecule is CCCC(CNCC(C)C)N1CCC(c2ccccc2)C1. The highest BCUT2D eigenvalue weighted by molar-refractivity contribution is 5.21. The first kappa shape index (κ1) is 16.5. The summed E-state index contributed by atoms with van der Waals surface area (Å²) in [5, 5.41) is 3.66. The summed E-state index contributed by atoms with van der Waals surface area (Å²) in [5.74, 6) is 1.47. The molecule has 21 heavy (non-hydrogen) atoms. The Morgan fingerprint density at radius 1 is 1.19 bits per heavy atom. The van der Waals surface area contributed by atoms with E-state index in [4.69, 9.17) is 0 Å². The summed E-state index contributed by atoms with van der Waals surface area (Å²) >= 11 is 0. The van der Waals surface area contributed by atoms with Gasteiger partial charge in [-0.1, -0.05) is 57.5 Å². The molecule has 2 heteroatoms. The van der Waals surface area contributed by atoms with Crippen LogP contribution in [0.3, 0.4) is 0 Å². The van der Waals surface area contributed by atoms with E-state index in [1.165, 1.54) is 37.9 Å². The second kappa shape index (κ2) is 8.55. The molecule has 1 heterocycles. The second-order valence-electron chi connectivity index (χ2n) is 6.89. The minimum Gasteiger partial charge on any atom is -0.315 e. The van der Waals surface area contributed by atoms with Gasteiger partial charge in [0.2, 0.25) is 0 Å². The lowest BCUT2D eigenvalue weighted by Gasteiger charge is -2.28. The third-order valence-electron chi connectivity index (χ3n) is 4.56. The number of nitrogens with zero attached hydrogens (tertiary/aromatic N) is 1. The lowest BCUT2D eigenvalue weighted by Crippen LogP contribution is -2.41. The molecule has 2 unspecified atom stereocenters. The Morgan fingerprint density at radius 2 is 1.95 bits per heavy atom. The van der Waals surface area contributed by atoms with Crippen molar-refractivity contribution in [1.82, 2.24) is 10.2 Å². The van der Waals surface area contributed by atoms with E-state index in [9.17, 15) is 0 Å². The van der Waals surface area contributed by atoms with Gasteiger partial charge in [0, 0.05) is 19.1 Å². The van der Waals surface area contributed by atoms with Crippen LogP contribution in [0.5, 0.6) is 0 Å². The molecule has 2 atom stereocenters. The van der Waals surface area contributed by atoms with Gasteiger partial charge in [0.05, 0.1) is 0 Å². The van der Waals surface area contributed by atoms with E-state index in [-0.39, 0.29) is 0 Å². The first-order valence-electron chi connectivity index (χ1n) is 8.70. The highest BCUT2D eigenvalue weighted by atomic mass is 15.2. The Bertz CT molecular complexity index is 388. The molecule has 118 valence electrons. The van der Waals surface area contributed by atoms with Crippen molar-refractivity contribution < 1.29 is 0 Å². The van der Waals surface area contributed by atoms with Gasteiger partial charge in [-0.05, 0) is 43.3 Å².